The van der Waals surface area contributed by atoms with Crippen LogP contribution in [0, 0.1) is 19.8 Å². The molecule has 0 saturated carbocycles. The molecular weight excluding hydrogens is 470 g/mol. The van der Waals surface area contributed by atoms with Crippen LogP contribution in [0.5, 0.6) is 17.2 Å². The van der Waals surface area contributed by atoms with E-state index in [0.717, 1.165) is 27.9 Å². The number of anilines is 2. The fourth-order valence-electron chi connectivity index (χ4n) is 5.70. The van der Waals surface area contributed by atoms with Crippen molar-refractivity contribution in [1.82, 2.24) is 5.32 Å². The molecule has 2 aliphatic rings. The maximum atomic E-state index is 14.0. The van der Waals surface area contributed by atoms with Gasteiger partial charge in [-0.05, 0) is 62.1 Å². The Balaban J connectivity index is 1.55. The van der Waals surface area contributed by atoms with Crippen molar-refractivity contribution in [2.24, 2.45) is 5.92 Å². The Hall–Kier alpha value is -4.04. The van der Waals surface area contributed by atoms with Gasteiger partial charge in [0, 0.05) is 23.4 Å². The van der Waals surface area contributed by atoms with E-state index in [9.17, 15) is 14.7 Å². The third-order valence-corrected chi connectivity index (χ3v) is 7.38. The lowest BCUT2D eigenvalue weighted by atomic mass is 9.78. The summed E-state index contributed by atoms with van der Waals surface area (Å²) in [6, 6.07) is 16.1. The number of ether oxygens (including phenoxy) is 2. The van der Waals surface area contributed by atoms with Crippen molar-refractivity contribution in [3.8, 4) is 17.2 Å². The highest BCUT2D eigenvalue weighted by molar-refractivity contribution is 6.11. The number of hydrogen-bond donors (Lipinski definition) is 4. The van der Waals surface area contributed by atoms with Crippen LogP contribution in [0.1, 0.15) is 28.7 Å². The van der Waals surface area contributed by atoms with E-state index in [-0.39, 0.29) is 23.6 Å². The number of benzene rings is 3. The van der Waals surface area contributed by atoms with Gasteiger partial charge in [-0.25, -0.2) is 0 Å². The van der Waals surface area contributed by atoms with Crippen molar-refractivity contribution in [3.63, 3.8) is 0 Å². The van der Waals surface area contributed by atoms with Crippen LogP contribution in [-0.4, -0.2) is 37.2 Å². The maximum Gasteiger partial charge on any atom is 0.250 e. The zero-order valence-corrected chi connectivity index (χ0v) is 21.3. The summed E-state index contributed by atoms with van der Waals surface area (Å²) < 4.78 is 10.8. The molecule has 8 heteroatoms. The summed E-state index contributed by atoms with van der Waals surface area (Å²) in [4.78, 5) is 27.7. The Bertz CT molecular complexity index is 1370. The summed E-state index contributed by atoms with van der Waals surface area (Å²) in [5, 5.41) is 19.3. The predicted octanol–water partition coefficient (Wildman–Crippen LogP) is 4.03. The third kappa shape index (κ3) is 4.27. The number of hydrogen-bond acceptors (Lipinski definition) is 6. The average Bonchev–Trinajstić information content (AvgIpc) is 3.39. The Morgan fingerprint density at radius 3 is 2.54 bits per heavy atom. The molecule has 0 bridgehead atoms. The lowest BCUT2D eigenvalue weighted by Crippen LogP contribution is -2.52. The summed E-state index contributed by atoms with van der Waals surface area (Å²) in [6.45, 7) is 3.95. The molecule has 2 amide bonds. The largest absolute Gasteiger partial charge is 0.508 e. The minimum absolute atomic E-state index is 0.148. The molecule has 2 heterocycles. The Kier molecular flexibility index (Phi) is 6.29. The monoisotopic (exact) mass is 501 g/mol. The van der Waals surface area contributed by atoms with E-state index in [1.165, 1.54) is 7.11 Å². The van der Waals surface area contributed by atoms with Gasteiger partial charge in [-0.3, -0.25) is 14.9 Å². The van der Waals surface area contributed by atoms with Gasteiger partial charge >= 0.3 is 0 Å². The van der Waals surface area contributed by atoms with E-state index < -0.39 is 11.5 Å². The fraction of sp³-hybridized carbons (Fsp3) is 0.310. The number of fused-ring (bicyclic) bond motifs is 2. The van der Waals surface area contributed by atoms with Gasteiger partial charge in [-0.1, -0.05) is 29.8 Å². The highest BCUT2D eigenvalue weighted by Crippen LogP contribution is 2.49. The van der Waals surface area contributed by atoms with E-state index in [1.54, 1.807) is 37.4 Å². The minimum Gasteiger partial charge on any atom is -0.508 e. The molecule has 8 nitrogen and oxygen atoms in total. The van der Waals surface area contributed by atoms with E-state index >= 15 is 0 Å². The second-order valence-corrected chi connectivity index (χ2v) is 9.82. The smallest absolute Gasteiger partial charge is 0.250 e. The Morgan fingerprint density at radius 2 is 1.84 bits per heavy atom. The molecule has 3 atom stereocenters. The Morgan fingerprint density at radius 1 is 1.08 bits per heavy atom. The molecule has 3 aromatic rings. The van der Waals surface area contributed by atoms with Crippen molar-refractivity contribution in [3.05, 3.63) is 76.9 Å². The second kappa shape index (κ2) is 9.44. The average molecular weight is 502 g/mol. The number of aryl methyl sites for hydroxylation is 2. The van der Waals surface area contributed by atoms with Gasteiger partial charge in [0.05, 0.1) is 25.8 Å². The van der Waals surface area contributed by atoms with Crippen LogP contribution in [0.25, 0.3) is 0 Å². The number of carbonyl (C=O) groups excluding carboxylic acids is 2. The molecule has 0 aliphatic carbocycles. The number of aromatic hydroxyl groups is 1. The van der Waals surface area contributed by atoms with Crippen LogP contribution in [-0.2, 0) is 21.5 Å². The van der Waals surface area contributed by atoms with Crippen molar-refractivity contribution in [1.29, 1.82) is 0 Å². The van der Waals surface area contributed by atoms with Crippen LogP contribution < -0.4 is 25.4 Å². The summed E-state index contributed by atoms with van der Waals surface area (Å²) in [5.74, 6) is 0.0669. The SMILES string of the molecule is COc1ccc(OC)c(NC(=O)[C@H]2C[C@H](Cc3ccc(O)cc3)N[C@@]23C(=O)Nc2c(C)cc(C)cc23)c1. The predicted molar refractivity (Wildman–Crippen MR) is 141 cm³/mol. The van der Waals surface area contributed by atoms with Gasteiger partial charge in [-0.2, -0.15) is 0 Å². The number of carbonyl (C=O) groups is 2. The van der Waals surface area contributed by atoms with Crippen molar-refractivity contribution < 1.29 is 24.2 Å². The van der Waals surface area contributed by atoms with Gasteiger partial charge < -0.3 is 25.2 Å². The highest BCUT2D eigenvalue weighted by atomic mass is 16.5. The number of phenols is 1. The summed E-state index contributed by atoms with van der Waals surface area (Å²) in [6.07, 6.45) is 1.04. The molecular formula is C29H31N3O5. The molecule has 5 rings (SSSR count). The van der Waals surface area contributed by atoms with E-state index in [1.807, 2.05) is 38.1 Å². The molecule has 0 radical (unpaired) electrons. The number of nitrogens with one attached hydrogen (secondary N) is 3. The lowest BCUT2D eigenvalue weighted by Gasteiger charge is -2.30. The van der Waals surface area contributed by atoms with Crippen LogP contribution >= 0.6 is 0 Å². The molecule has 1 fully saturated rings. The number of amides is 2. The quantitative estimate of drug-likeness (QED) is 0.406. The third-order valence-electron chi connectivity index (χ3n) is 7.38. The first-order valence-electron chi connectivity index (χ1n) is 12.3. The van der Waals surface area contributed by atoms with Crippen molar-refractivity contribution in [2.75, 3.05) is 24.9 Å². The number of rotatable bonds is 6. The molecule has 1 saturated heterocycles. The highest BCUT2D eigenvalue weighted by Gasteiger charge is 2.60. The van der Waals surface area contributed by atoms with Crippen LogP contribution in [0.15, 0.2) is 54.6 Å². The van der Waals surface area contributed by atoms with Crippen LogP contribution in [0.4, 0.5) is 11.4 Å². The van der Waals surface area contributed by atoms with Gasteiger partial charge in [-0.15, -0.1) is 0 Å². The van der Waals surface area contributed by atoms with Gasteiger partial charge in [0.2, 0.25) is 11.8 Å². The van der Waals surface area contributed by atoms with Gasteiger partial charge in [0.15, 0.2) is 0 Å². The Labute approximate surface area is 216 Å². The zero-order valence-electron chi connectivity index (χ0n) is 21.3. The zero-order chi connectivity index (χ0) is 26.3. The lowest BCUT2D eigenvalue weighted by molar-refractivity contribution is -0.130. The normalized spacial score (nSPS) is 22.0. The van der Waals surface area contributed by atoms with Gasteiger partial charge in [0.1, 0.15) is 22.8 Å². The summed E-state index contributed by atoms with van der Waals surface area (Å²) in [7, 11) is 3.09. The molecule has 0 aromatic heterocycles. The van der Waals surface area contributed by atoms with Crippen molar-refractivity contribution in [2.45, 2.75) is 38.3 Å². The molecule has 37 heavy (non-hydrogen) atoms. The first-order chi connectivity index (χ1) is 17.7. The second-order valence-electron chi connectivity index (χ2n) is 9.82. The molecule has 2 aliphatic heterocycles. The van der Waals surface area contributed by atoms with E-state index in [2.05, 4.69) is 16.0 Å². The van der Waals surface area contributed by atoms with Crippen molar-refractivity contribution >= 4 is 23.2 Å². The number of phenolic OH excluding ortho intramolecular Hbond substituents is 1. The first-order valence-corrected chi connectivity index (χ1v) is 12.3. The molecule has 4 N–H and O–H groups in total. The number of methoxy groups -OCH3 is 2. The standard InChI is InChI=1S/C29H31N3O5/c1-16-11-17(2)26-22(12-16)29(28(35)31-26)23(14-19(32-29)13-18-5-7-20(33)8-6-18)27(34)30-24-15-21(36-3)9-10-25(24)37-4/h5-12,15,19,23,32-33H,13-14H2,1-4H3,(H,30,34)(H,31,35)/t19-,23+,29+/m0/s1. The fourth-order valence-corrected chi connectivity index (χ4v) is 5.70. The van der Waals surface area contributed by atoms with E-state index in [0.29, 0.717) is 30.0 Å². The maximum absolute atomic E-state index is 14.0. The van der Waals surface area contributed by atoms with Crippen LogP contribution in [0.2, 0.25) is 0 Å². The molecule has 3 aromatic carbocycles. The topological polar surface area (TPSA) is 109 Å². The molecule has 0 unspecified atom stereocenters. The van der Waals surface area contributed by atoms with Gasteiger partial charge in [0.25, 0.3) is 0 Å². The first kappa shape index (κ1) is 24.6. The van der Waals surface area contributed by atoms with E-state index in [4.69, 9.17) is 9.47 Å². The summed E-state index contributed by atoms with van der Waals surface area (Å²) >= 11 is 0. The summed E-state index contributed by atoms with van der Waals surface area (Å²) in [5.41, 5.74) is 3.78. The van der Waals surface area contributed by atoms with Crippen LogP contribution in [0.3, 0.4) is 0 Å². The molecule has 1 spiro atoms. The molecule has 192 valence electrons. The minimum atomic E-state index is -1.22.